The lowest BCUT2D eigenvalue weighted by atomic mass is 10.2. The monoisotopic (exact) mass is 394 g/mol. The van der Waals surface area contributed by atoms with Gasteiger partial charge in [-0.25, -0.2) is 9.97 Å². The van der Waals surface area contributed by atoms with Crippen molar-refractivity contribution in [3.05, 3.63) is 66.1 Å². The minimum Gasteiger partial charge on any atom is -0.337 e. The van der Waals surface area contributed by atoms with Gasteiger partial charge in [-0.2, -0.15) is 4.37 Å². The zero-order valence-corrected chi connectivity index (χ0v) is 16.3. The van der Waals surface area contributed by atoms with Gasteiger partial charge >= 0.3 is 0 Å². The number of hydrogen-bond acceptors (Lipinski definition) is 7. The molecule has 3 heterocycles. The standard InChI is InChI=1S/C20H22N6OS/c27-19(16-6-2-1-3-7-16)26-11-5-10-25(12-13-26)14-17-8-4-9-18(23-17)24-20-21-15-22-28-20/h1-4,6-9,15H,5,10-14H2,(H,21,22,23,24). The molecular weight excluding hydrogens is 372 g/mol. The van der Waals surface area contributed by atoms with Crippen LogP contribution in [0.5, 0.6) is 0 Å². The van der Waals surface area contributed by atoms with Gasteiger partial charge in [0, 0.05) is 49.8 Å². The highest BCUT2D eigenvalue weighted by Gasteiger charge is 2.20. The third-order valence-corrected chi connectivity index (χ3v) is 5.27. The van der Waals surface area contributed by atoms with Gasteiger partial charge in [0.05, 0.1) is 5.69 Å². The van der Waals surface area contributed by atoms with Gasteiger partial charge in [-0.05, 0) is 30.7 Å². The van der Waals surface area contributed by atoms with Crippen molar-refractivity contribution < 1.29 is 4.79 Å². The molecule has 1 aliphatic heterocycles. The molecule has 0 spiro atoms. The second-order valence-corrected chi connectivity index (χ2v) is 7.45. The summed E-state index contributed by atoms with van der Waals surface area (Å²) in [5, 5.41) is 3.91. The van der Waals surface area contributed by atoms with E-state index >= 15 is 0 Å². The number of hydrogen-bond donors (Lipinski definition) is 1. The Hall–Kier alpha value is -2.84. The Morgan fingerprint density at radius 3 is 2.75 bits per heavy atom. The average molecular weight is 395 g/mol. The van der Waals surface area contributed by atoms with Gasteiger partial charge in [-0.1, -0.05) is 24.3 Å². The Morgan fingerprint density at radius 2 is 1.93 bits per heavy atom. The highest BCUT2D eigenvalue weighted by molar-refractivity contribution is 7.09. The molecule has 0 unspecified atom stereocenters. The Bertz CT molecular complexity index is 902. The number of nitrogens with one attached hydrogen (secondary N) is 1. The molecule has 8 heteroatoms. The van der Waals surface area contributed by atoms with Gasteiger partial charge in [0.25, 0.3) is 5.91 Å². The molecule has 1 aliphatic rings. The summed E-state index contributed by atoms with van der Waals surface area (Å²) in [4.78, 5) is 25.8. The molecule has 0 bridgehead atoms. The van der Waals surface area contributed by atoms with Crippen molar-refractivity contribution in [2.24, 2.45) is 0 Å². The number of pyridine rings is 1. The molecule has 28 heavy (non-hydrogen) atoms. The van der Waals surface area contributed by atoms with Gasteiger partial charge in [-0.15, -0.1) is 0 Å². The van der Waals surface area contributed by atoms with Gasteiger partial charge in [-0.3, -0.25) is 9.69 Å². The fourth-order valence-corrected chi connectivity index (χ4v) is 3.74. The van der Waals surface area contributed by atoms with E-state index in [1.165, 1.54) is 17.9 Å². The van der Waals surface area contributed by atoms with E-state index in [4.69, 9.17) is 0 Å². The van der Waals surface area contributed by atoms with Crippen molar-refractivity contribution in [2.45, 2.75) is 13.0 Å². The molecular formula is C20H22N6OS. The van der Waals surface area contributed by atoms with E-state index in [0.717, 1.165) is 61.4 Å². The van der Waals surface area contributed by atoms with E-state index in [1.54, 1.807) is 0 Å². The highest BCUT2D eigenvalue weighted by Crippen LogP contribution is 2.16. The quantitative estimate of drug-likeness (QED) is 0.717. The normalized spacial score (nSPS) is 15.2. The van der Waals surface area contributed by atoms with Crippen LogP contribution in [0.15, 0.2) is 54.9 Å². The van der Waals surface area contributed by atoms with Crippen LogP contribution < -0.4 is 5.32 Å². The first-order valence-electron chi connectivity index (χ1n) is 9.34. The zero-order chi connectivity index (χ0) is 19.2. The molecule has 1 aromatic carbocycles. The molecule has 0 saturated carbocycles. The van der Waals surface area contributed by atoms with Crippen LogP contribution in [-0.2, 0) is 6.54 Å². The minimum absolute atomic E-state index is 0.115. The predicted molar refractivity (Wildman–Crippen MR) is 110 cm³/mol. The van der Waals surface area contributed by atoms with Gasteiger partial charge < -0.3 is 10.2 Å². The molecule has 144 valence electrons. The van der Waals surface area contributed by atoms with Crippen LogP contribution in [0.25, 0.3) is 0 Å². The van der Waals surface area contributed by atoms with Crippen LogP contribution >= 0.6 is 11.5 Å². The summed E-state index contributed by atoms with van der Waals surface area (Å²) >= 11 is 1.30. The number of benzene rings is 1. The molecule has 7 nitrogen and oxygen atoms in total. The van der Waals surface area contributed by atoms with E-state index in [-0.39, 0.29) is 5.91 Å². The van der Waals surface area contributed by atoms with Crippen molar-refractivity contribution in [3.63, 3.8) is 0 Å². The maximum absolute atomic E-state index is 12.7. The van der Waals surface area contributed by atoms with Crippen molar-refractivity contribution in [1.82, 2.24) is 24.1 Å². The Balaban J connectivity index is 1.35. The van der Waals surface area contributed by atoms with Crippen molar-refractivity contribution in [1.29, 1.82) is 0 Å². The summed E-state index contributed by atoms with van der Waals surface area (Å²) in [7, 11) is 0. The van der Waals surface area contributed by atoms with Crippen molar-refractivity contribution >= 4 is 28.4 Å². The maximum atomic E-state index is 12.7. The zero-order valence-electron chi connectivity index (χ0n) is 15.5. The van der Waals surface area contributed by atoms with E-state index in [0.29, 0.717) is 0 Å². The van der Waals surface area contributed by atoms with Gasteiger partial charge in [0.1, 0.15) is 12.1 Å². The second kappa shape index (κ2) is 8.90. The Labute approximate surface area is 168 Å². The van der Waals surface area contributed by atoms with Gasteiger partial charge in [0.15, 0.2) is 0 Å². The van der Waals surface area contributed by atoms with Gasteiger partial charge in [0.2, 0.25) is 5.13 Å². The summed E-state index contributed by atoms with van der Waals surface area (Å²) in [6.45, 7) is 4.08. The number of rotatable bonds is 5. The van der Waals surface area contributed by atoms with E-state index in [1.807, 2.05) is 53.4 Å². The van der Waals surface area contributed by atoms with E-state index < -0.39 is 0 Å². The molecule has 0 aliphatic carbocycles. The molecule has 1 saturated heterocycles. The van der Waals surface area contributed by atoms with Crippen LogP contribution in [0.2, 0.25) is 0 Å². The number of amides is 1. The highest BCUT2D eigenvalue weighted by atomic mass is 32.1. The summed E-state index contributed by atoms with van der Waals surface area (Å²) in [5.74, 6) is 0.883. The van der Waals surface area contributed by atoms with Crippen LogP contribution in [0.3, 0.4) is 0 Å². The van der Waals surface area contributed by atoms with Crippen LogP contribution in [0, 0.1) is 0 Å². The number of carbonyl (C=O) groups excluding carboxylic acids is 1. The first kappa shape index (κ1) is 18.5. The van der Waals surface area contributed by atoms with Crippen LogP contribution in [0.1, 0.15) is 22.5 Å². The Kier molecular flexibility index (Phi) is 5.89. The molecule has 4 rings (SSSR count). The molecule has 2 aromatic heterocycles. The first-order chi connectivity index (χ1) is 13.8. The lowest BCUT2D eigenvalue weighted by molar-refractivity contribution is 0.0761. The minimum atomic E-state index is 0.115. The predicted octanol–water partition coefficient (Wildman–Crippen LogP) is 3.02. The summed E-state index contributed by atoms with van der Waals surface area (Å²) < 4.78 is 3.99. The number of aromatic nitrogens is 3. The van der Waals surface area contributed by atoms with Crippen molar-refractivity contribution in [3.8, 4) is 0 Å². The van der Waals surface area contributed by atoms with E-state index in [2.05, 4.69) is 24.6 Å². The lowest BCUT2D eigenvalue weighted by Gasteiger charge is -2.22. The lowest BCUT2D eigenvalue weighted by Crippen LogP contribution is -2.35. The summed E-state index contributed by atoms with van der Waals surface area (Å²) in [6.07, 6.45) is 2.48. The summed E-state index contributed by atoms with van der Waals surface area (Å²) in [6, 6.07) is 15.5. The molecule has 1 fully saturated rings. The topological polar surface area (TPSA) is 74.2 Å². The first-order valence-corrected chi connectivity index (χ1v) is 10.1. The molecule has 0 atom stereocenters. The van der Waals surface area contributed by atoms with Crippen LogP contribution in [-0.4, -0.2) is 56.2 Å². The van der Waals surface area contributed by atoms with Crippen molar-refractivity contribution in [2.75, 3.05) is 31.5 Å². The van der Waals surface area contributed by atoms with Crippen LogP contribution in [0.4, 0.5) is 10.9 Å². The number of anilines is 2. The number of carbonyl (C=O) groups is 1. The molecule has 0 radical (unpaired) electrons. The third kappa shape index (κ3) is 4.71. The smallest absolute Gasteiger partial charge is 0.253 e. The molecule has 1 amide bonds. The average Bonchev–Trinajstić information content (AvgIpc) is 3.13. The summed E-state index contributed by atoms with van der Waals surface area (Å²) in [5.41, 5.74) is 1.76. The third-order valence-electron chi connectivity index (χ3n) is 4.69. The maximum Gasteiger partial charge on any atom is 0.253 e. The fourth-order valence-electron chi connectivity index (χ4n) is 3.30. The van der Waals surface area contributed by atoms with E-state index in [9.17, 15) is 4.79 Å². The molecule has 1 N–H and O–H groups in total. The number of nitrogens with zero attached hydrogens (tertiary/aromatic N) is 5. The largest absolute Gasteiger partial charge is 0.337 e. The fraction of sp³-hybridized carbons (Fsp3) is 0.300. The Morgan fingerprint density at radius 1 is 1.04 bits per heavy atom. The molecule has 3 aromatic rings. The SMILES string of the molecule is O=C(c1ccccc1)N1CCCN(Cc2cccc(Nc3ncns3)n2)CC1. The second-order valence-electron chi connectivity index (χ2n) is 6.67.